The lowest BCUT2D eigenvalue weighted by Crippen LogP contribution is -1.99. The van der Waals surface area contributed by atoms with Gasteiger partial charge in [-0.2, -0.15) is 0 Å². The Labute approximate surface area is 184 Å². The summed E-state index contributed by atoms with van der Waals surface area (Å²) >= 11 is 23.6. The lowest BCUT2D eigenvalue weighted by molar-refractivity contribution is 0.120. The van der Waals surface area contributed by atoms with Crippen LogP contribution in [0.3, 0.4) is 0 Å². The van der Waals surface area contributed by atoms with E-state index in [0.29, 0.717) is 34.1 Å². The van der Waals surface area contributed by atoms with E-state index in [1.165, 1.54) is 6.08 Å². The topological polar surface area (TPSA) is 55.8 Å². The van der Waals surface area contributed by atoms with Crippen LogP contribution in [0.1, 0.15) is 25.2 Å². The molecule has 0 amide bonds. The summed E-state index contributed by atoms with van der Waals surface area (Å²) in [4.78, 5) is 8.34. The number of aromatic nitrogens is 1. The summed E-state index contributed by atoms with van der Waals surface area (Å²) in [5.74, 6) is 1.27. The normalized spacial score (nSPS) is 11.1. The van der Waals surface area contributed by atoms with Gasteiger partial charge in [0, 0.05) is 12.1 Å². The predicted molar refractivity (Wildman–Crippen MR) is 115 cm³/mol. The molecule has 0 unspecified atom stereocenters. The van der Waals surface area contributed by atoms with Gasteiger partial charge < -0.3 is 19.3 Å². The monoisotopic (exact) mass is 464 g/mol. The van der Waals surface area contributed by atoms with Gasteiger partial charge in [0.05, 0.1) is 27.6 Å². The predicted octanol–water partition coefficient (Wildman–Crippen LogP) is 6.60. The summed E-state index contributed by atoms with van der Waals surface area (Å²) in [7, 11) is 0. The third-order valence-corrected chi connectivity index (χ3v) is 4.14. The van der Waals surface area contributed by atoms with Crippen molar-refractivity contribution in [3.05, 3.63) is 56.3 Å². The smallest absolute Gasteiger partial charge is 0.157 e. The summed E-state index contributed by atoms with van der Waals surface area (Å²) < 4.78 is 11.3. The van der Waals surface area contributed by atoms with Crippen molar-refractivity contribution in [2.24, 2.45) is 11.1 Å². The second kappa shape index (κ2) is 11.5. The van der Waals surface area contributed by atoms with E-state index < -0.39 is 0 Å². The molecule has 0 bridgehead atoms. The van der Waals surface area contributed by atoms with E-state index in [4.69, 9.17) is 60.7 Å². The summed E-state index contributed by atoms with van der Waals surface area (Å²) in [5.41, 5.74) is 1.63. The molecule has 2 rings (SSSR count). The van der Waals surface area contributed by atoms with Gasteiger partial charge in [0.1, 0.15) is 30.1 Å². The van der Waals surface area contributed by atoms with E-state index in [1.54, 1.807) is 18.3 Å². The van der Waals surface area contributed by atoms with Gasteiger partial charge in [-0.1, -0.05) is 65.4 Å². The first kappa shape index (κ1) is 22.8. The van der Waals surface area contributed by atoms with Crippen LogP contribution in [0.4, 0.5) is 0 Å². The highest BCUT2D eigenvalue weighted by molar-refractivity contribution is 6.55. The molecule has 1 aromatic heterocycles. The third-order valence-electron chi connectivity index (χ3n) is 3.27. The third kappa shape index (κ3) is 7.84. The van der Waals surface area contributed by atoms with Gasteiger partial charge in [-0.15, -0.1) is 0 Å². The number of H-pyrrole nitrogens is 1. The highest BCUT2D eigenvalue weighted by Gasteiger charge is 2.11. The Kier molecular flexibility index (Phi) is 9.32. The molecule has 0 saturated heterocycles. The number of benzene rings is 1. The molecule has 1 heterocycles. The lowest BCUT2D eigenvalue weighted by atomic mass is 10.2. The quantitative estimate of drug-likeness (QED) is 0.317. The molecule has 1 aromatic carbocycles. The number of hydrogen-bond donors (Lipinski definition) is 1. The van der Waals surface area contributed by atoms with Crippen molar-refractivity contribution >= 4 is 52.6 Å². The summed E-state index contributed by atoms with van der Waals surface area (Å²) in [6.45, 7) is 5.13. The summed E-state index contributed by atoms with van der Waals surface area (Å²) in [6.07, 6.45) is 3.12. The van der Waals surface area contributed by atoms with Crippen LogP contribution in [0.5, 0.6) is 11.5 Å². The van der Waals surface area contributed by atoms with Crippen molar-refractivity contribution in [3.8, 4) is 11.5 Å². The van der Waals surface area contributed by atoms with Gasteiger partial charge in [0.15, 0.2) is 5.75 Å². The van der Waals surface area contributed by atoms with Gasteiger partial charge in [0.25, 0.3) is 0 Å². The fourth-order valence-electron chi connectivity index (χ4n) is 2.01. The van der Waals surface area contributed by atoms with Crippen molar-refractivity contribution in [2.75, 3.05) is 13.2 Å². The standard InChI is InChI=1S/C19H20Cl4N2O3/c1-12(2)10-28-24-9-13-3-4-14(25-13)11-27-19-16(20)7-15(8-17(19)21)26-6-5-18(22)23/h3-5,7-9,12,25H,6,10-11H2,1-2H3. The SMILES string of the molecule is CC(C)CON=Cc1ccc(COc2c(Cl)cc(OCC=C(Cl)Cl)cc2Cl)[nH]1. The molecule has 5 nitrogen and oxygen atoms in total. The van der Waals surface area contributed by atoms with E-state index in [-0.39, 0.29) is 17.7 Å². The number of hydrogen-bond acceptors (Lipinski definition) is 4. The minimum absolute atomic E-state index is 0.124. The maximum atomic E-state index is 6.25. The van der Waals surface area contributed by atoms with E-state index in [1.807, 2.05) is 12.1 Å². The molecule has 0 fully saturated rings. The molecule has 0 radical (unpaired) electrons. The summed E-state index contributed by atoms with van der Waals surface area (Å²) in [6, 6.07) is 6.97. The number of rotatable bonds is 10. The first-order chi connectivity index (χ1) is 13.3. The second-order valence-corrected chi connectivity index (χ2v) is 7.99. The molecular formula is C19H20Cl4N2O3. The molecule has 0 spiro atoms. The number of ether oxygens (including phenoxy) is 2. The molecule has 0 aliphatic carbocycles. The maximum absolute atomic E-state index is 6.25. The fraction of sp³-hybridized carbons (Fsp3) is 0.316. The van der Waals surface area contributed by atoms with Gasteiger partial charge in [-0.05, 0) is 24.1 Å². The van der Waals surface area contributed by atoms with Crippen molar-refractivity contribution in [3.63, 3.8) is 0 Å². The Morgan fingerprint density at radius 1 is 1.14 bits per heavy atom. The highest BCUT2D eigenvalue weighted by atomic mass is 35.5. The minimum Gasteiger partial charge on any atom is -0.489 e. The number of aromatic amines is 1. The van der Waals surface area contributed by atoms with Crippen molar-refractivity contribution < 1.29 is 14.3 Å². The zero-order valence-electron chi connectivity index (χ0n) is 15.3. The van der Waals surface area contributed by atoms with Crippen LogP contribution < -0.4 is 9.47 Å². The lowest BCUT2D eigenvalue weighted by Gasteiger charge is -2.11. The molecule has 1 N–H and O–H groups in total. The average molecular weight is 466 g/mol. The van der Waals surface area contributed by atoms with E-state index in [2.05, 4.69) is 24.0 Å². The number of oxime groups is 1. The maximum Gasteiger partial charge on any atom is 0.157 e. The molecule has 0 atom stereocenters. The van der Waals surface area contributed by atoms with Crippen LogP contribution in [0.15, 0.2) is 40.0 Å². The fourth-order valence-corrected chi connectivity index (χ4v) is 2.72. The van der Waals surface area contributed by atoms with Crippen molar-refractivity contribution in [1.29, 1.82) is 0 Å². The van der Waals surface area contributed by atoms with Crippen LogP contribution in [0.25, 0.3) is 0 Å². The molecule has 9 heteroatoms. The Morgan fingerprint density at radius 2 is 1.86 bits per heavy atom. The first-order valence-corrected chi connectivity index (χ1v) is 9.95. The molecule has 2 aromatic rings. The van der Waals surface area contributed by atoms with Crippen LogP contribution in [0, 0.1) is 5.92 Å². The van der Waals surface area contributed by atoms with Crippen LogP contribution in [0.2, 0.25) is 10.0 Å². The average Bonchev–Trinajstić information content (AvgIpc) is 3.05. The van der Waals surface area contributed by atoms with E-state index >= 15 is 0 Å². The minimum atomic E-state index is 0.124. The number of halogens is 4. The zero-order chi connectivity index (χ0) is 20.5. The highest BCUT2D eigenvalue weighted by Crippen LogP contribution is 2.37. The van der Waals surface area contributed by atoms with Gasteiger partial charge in [-0.25, -0.2) is 0 Å². The Bertz CT molecular complexity index is 807. The molecular weight excluding hydrogens is 446 g/mol. The van der Waals surface area contributed by atoms with Crippen LogP contribution >= 0.6 is 46.4 Å². The largest absolute Gasteiger partial charge is 0.489 e. The number of nitrogens with one attached hydrogen (secondary N) is 1. The molecule has 152 valence electrons. The van der Waals surface area contributed by atoms with E-state index in [0.717, 1.165) is 11.4 Å². The second-order valence-electron chi connectivity index (χ2n) is 6.17. The Balaban J connectivity index is 1.93. The summed E-state index contributed by atoms with van der Waals surface area (Å²) in [5, 5.41) is 4.58. The van der Waals surface area contributed by atoms with Gasteiger partial charge in [0.2, 0.25) is 0 Å². The molecule has 0 aliphatic heterocycles. The Hall–Kier alpha value is -1.53. The zero-order valence-corrected chi connectivity index (χ0v) is 18.4. The first-order valence-electron chi connectivity index (χ1n) is 8.44. The van der Waals surface area contributed by atoms with Crippen LogP contribution in [-0.2, 0) is 11.4 Å². The van der Waals surface area contributed by atoms with E-state index in [9.17, 15) is 0 Å². The van der Waals surface area contributed by atoms with Crippen molar-refractivity contribution in [2.45, 2.75) is 20.5 Å². The van der Waals surface area contributed by atoms with Gasteiger partial charge >= 0.3 is 0 Å². The molecule has 0 aliphatic rings. The number of nitrogens with zero attached hydrogens (tertiary/aromatic N) is 1. The Morgan fingerprint density at radius 3 is 2.50 bits per heavy atom. The molecule has 0 saturated carbocycles. The van der Waals surface area contributed by atoms with Gasteiger partial charge in [-0.3, -0.25) is 0 Å². The van der Waals surface area contributed by atoms with Crippen LogP contribution in [-0.4, -0.2) is 24.4 Å². The molecule has 28 heavy (non-hydrogen) atoms. The van der Waals surface area contributed by atoms with Crippen molar-refractivity contribution in [1.82, 2.24) is 4.98 Å².